The first-order chi connectivity index (χ1) is 12.9. The molecule has 3 heterocycles. The minimum atomic E-state index is -3.08. The van der Waals surface area contributed by atoms with Crippen LogP contribution in [0.15, 0.2) is 36.4 Å². The van der Waals surface area contributed by atoms with E-state index in [4.69, 9.17) is 0 Å². The zero-order chi connectivity index (χ0) is 19.0. The van der Waals surface area contributed by atoms with Crippen LogP contribution in [-0.2, 0) is 9.84 Å². The molecule has 0 unspecified atom stereocenters. The summed E-state index contributed by atoms with van der Waals surface area (Å²) >= 11 is 1.28. The van der Waals surface area contributed by atoms with Gasteiger partial charge in [0.15, 0.2) is 15.5 Å². The molecule has 1 N–H and O–H groups in total. The highest BCUT2D eigenvalue weighted by molar-refractivity contribution is 7.91. The Morgan fingerprint density at radius 1 is 1.26 bits per heavy atom. The first kappa shape index (κ1) is 17.8. The monoisotopic (exact) mass is 403 g/mol. The summed E-state index contributed by atoms with van der Waals surface area (Å²) in [5.41, 5.74) is 1.81. The molecule has 2 aromatic heterocycles. The Bertz CT molecular complexity index is 1090. The maximum absolute atomic E-state index is 12.6. The average Bonchev–Trinajstić information content (AvgIpc) is 3.34. The van der Waals surface area contributed by atoms with Gasteiger partial charge in [-0.2, -0.15) is 5.10 Å². The molecule has 0 aliphatic carbocycles. The summed E-state index contributed by atoms with van der Waals surface area (Å²) < 4.78 is 25.5. The maximum Gasteiger partial charge on any atom is 0.278 e. The van der Waals surface area contributed by atoms with Crippen molar-refractivity contribution in [3.63, 3.8) is 0 Å². The van der Waals surface area contributed by atoms with E-state index < -0.39 is 15.7 Å². The second-order valence-electron chi connectivity index (χ2n) is 6.36. The molecular formula is C17H17N5O3S2. The van der Waals surface area contributed by atoms with Crippen molar-refractivity contribution in [2.45, 2.75) is 19.4 Å². The second-order valence-corrected chi connectivity index (χ2v) is 9.77. The zero-order valence-corrected chi connectivity index (χ0v) is 16.1. The minimum absolute atomic E-state index is 0.0329. The Labute approximate surface area is 160 Å². The van der Waals surface area contributed by atoms with Crippen molar-refractivity contribution in [1.82, 2.24) is 20.0 Å². The topological polar surface area (TPSA) is 107 Å². The number of sulfone groups is 1. The number of amides is 1. The number of carbonyl (C=O) groups excluding carboxylic acids is 1. The van der Waals surface area contributed by atoms with Crippen molar-refractivity contribution in [3.8, 4) is 11.3 Å². The van der Waals surface area contributed by atoms with Crippen LogP contribution in [-0.4, -0.2) is 45.8 Å². The number of hydrogen-bond donors (Lipinski definition) is 1. The van der Waals surface area contributed by atoms with Crippen molar-refractivity contribution >= 4 is 32.2 Å². The van der Waals surface area contributed by atoms with E-state index in [1.807, 2.05) is 30.3 Å². The summed E-state index contributed by atoms with van der Waals surface area (Å²) in [5, 5.41) is 16.0. The quantitative estimate of drug-likeness (QED) is 0.716. The van der Waals surface area contributed by atoms with Crippen LogP contribution in [0.3, 0.4) is 0 Å². The van der Waals surface area contributed by atoms with Crippen molar-refractivity contribution in [1.29, 1.82) is 0 Å². The predicted molar refractivity (Wildman–Crippen MR) is 103 cm³/mol. The third-order valence-corrected chi connectivity index (χ3v) is 6.84. The predicted octanol–water partition coefficient (Wildman–Crippen LogP) is 2.32. The minimum Gasteiger partial charge on any atom is -0.295 e. The highest BCUT2D eigenvalue weighted by atomic mass is 32.2. The lowest BCUT2D eigenvalue weighted by atomic mass is 10.1. The zero-order valence-electron chi connectivity index (χ0n) is 14.5. The van der Waals surface area contributed by atoms with E-state index in [0.717, 1.165) is 16.3 Å². The van der Waals surface area contributed by atoms with Crippen LogP contribution in [0.2, 0.25) is 0 Å². The lowest BCUT2D eigenvalue weighted by Crippen LogP contribution is -2.16. The van der Waals surface area contributed by atoms with Crippen molar-refractivity contribution in [2.24, 2.45) is 0 Å². The van der Waals surface area contributed by atoms with Gasteiger partial charge in [0.25, 0.3) is 5.91 Å². The summed E-state index contributed by atoms with van der Waals surface area (Å²) in [7, 11) is -3.08. The summed E-state index contributed by atoms with van der Waals surface area (Å²) in [5.74, 6) is -0.231. The average molecular weight is 403 g/mol. The number of rotatable bonds is 4. The SMILES string of the molecule is Cc1nnc(NC(=O)c2cc(-c3ccccc3)n([C@@H]3CCS(=O)(=O)C3)n2)s1. The molecule has 0 radical (unpaired) electrons. The molecule has 1 aromatic carbocycles. The number of benzene rings is 1. The van der Waals surface area contributed by atoms with Gasteiger partial charge < -0.3 is 0 Å². The molecule has 1 aliphatic rings. The summed E-state index contributed by atoms with van der Waals surface area (Å²) in [6.45, 7) is 1.80. The Morgan fingerprint density at radius 2 is 2.04 bits per heavy atom. The first-order valence-corrected chi connectivity index (χ1v) is 11.0. The van der Waals surface area contributed by atoms with Gasteiger partial charge in [-0.25, -0.2) is 8.42 Å². The molecule has 140 valence electrons. The smallest absolute Gasteiger partial charge is 0.278 e. The van der Waals surface area contributed by atoms with Gasteiger partial charge in [0.2, 0.25) is 5.13 Å². The Balaban J connectivity index is 1.70. The maximum atomic E-state index is 12.6. The third kappa shape index (κ3) is 3.76. The number of carbonyl (C=O) groups is 1. The molecular weight excluding hydrogens is 386 g/mol. The van der Waals surface area contributed by atoms with Gasteiger partial charge in [-0.1, -0.05) is 41.7 Å². The van der Waals surface area contributed by atoms with Crippen LogP contribution in [0.5, 0.6) is 0 Å². The number of hydrogen-bond acceptors (Lipinski definition) is 7. The third-order valence-electron chi connectivity index (χ3n) is 4.34. The first-order valence-electron chi connectivity index (χ1n) is 8.38. The molecule has 1 atom stereocenters. The fourth-order valence-electron chi connectivity index (χ4n) is 3.08. The molecule has 10 heteroatoms. The van der Waals surface area contributed by atoms with E-state index in [0.29, 0.717) is 11.6 Å². The summed E-state index contributed by atoms with van der Waals surface area (Å²) in [4.78, 5) is 12.6. The molecule has 1 fully saturated rings. The van der Waals surface area contributed by atoms with Crippen LogP contribution in [0.1, 0.15) is 28.0 Å². The Morgan fingerprint density at radius 3 is 2.67 bits per heavy atom. The number of aromatic nitrogens is 4. The molecule has 8 nitrogen and oxygen atoms in total. The van der Waals surface area contributed by atoms with E-state index in [-0.39, 0.29) is 23.2 Å². The molecule has 3 aromatic rings. The van der Waals surface area contributed by atoms with Gasteiger partial charge in [-0.15, -0.1) is 10.2 Å². The van der Waals surface area contributed by atoms with Gasteiger partial charge >= 0.3 is 0 Å². The standard InChI is InChI=1S/C17H17N5O3S2/c1-11-19-20-17(26-11)18-16(23)14-9-15(12-5-3-2-4-6-12)22(21-14)13-7-8-27(24,25)10-13/h2-6,9,13H,7-8,10H2,1H3,(H,18,20,23)/t13-/m1/s1. The van der Waals surface area contributed by atoms with Crippen molar-refractivity contribution < 1.29 is 13.2 Å². The van der Waals surface area contributed by atoms with E-state index >= 15 is 0 Å². The number of nitrogens with one attached hydrogen (secondary N) is 1. The summed E-state index contributed by atoms with van der Waals surface area (Å²) in [6, 6.07) is 10.9. The number of nitrogens with zero attached hydrogens (tertiary/aromatic N) is 4. The van der Waals surface area contributed by atoms with Crippen LogP contribution in [0.4, 0.5) is 5.13 Å². The number of anilines is 1. The molecule has 1 amide bonds. The van der Waals surface area contributed by atoms with Gasteiger partial charge in [-0.3, -0.25) is 14.8 Å². The van der Waals surface area contributed by atoms with Crippen LogP contribution < -0.4 is 5.32 Å². The van der Waals surface area contributed by atoms with Gasteiger partial charge in [0.1, 0.15) is 5.01 Å². The molecule has 0 bridgehead atoms. The van der Waals surface area contributed by atoms with Crippen molar-refractivity contribution in [2.75, 3.05) is 16.8 Å². The van der Waals surface area contributed by atoms with E-state index in [9.17, 15) is 13.2 Å². The van der Waals surface area contributed by atoms with Gasteiger partial charge in [0.05, 0.1) is 23.2 Å². The largest absolute Gasteiger partial charge is 0.295 e. The molecule has 0 spiro atoms. The lowest BCUT2D eigenvalue weighted by Gasteiger charge is -2.13. The van der Waals surface area contributed by atoms with Crippen molar-refractivity contribution in [3.05, 3.63) is 47.1 Å². The Kier molecular flexibility index (Phi) is 4.52. The molecule has 1 aliphatic heterocycles. The van der Waals surface area contributed by atoms with Crippen LogP contribution in [0.25, 0.3) is 11.3 Å². The fraction of sp³-hybridized carbons (Fsp3) is 0.294. The van der Waals surface area contributed by atoms with Crippen LogP contribution >= 0.6 is 11.3 Å². The van der Waals surface area contributed by atoms with Gasteiger partial charge in [-0.05, 0) is 25.0 Å². The van der Waals surface area contributed by atoms with Gasteiger partial charge in [0, 0.05) is 0 Å². The van der Waals surface area contributed by atoms with Crippen LogP contribution in [0, 0.1) is 6.92 Å². The summed E-state index contributed by atoms with van der Waals surface area (Å²) in [6.07, 6.45) is 0.487. The fourth-order valence-corrected chi connectivity index (χ4v) is 5.36. The second kappa shape index (κ2) is 6.86. The molecule has 1 saturated heterocycles. The van der Waals surface area contributed by atoms with E-state index in [2.05, 4.69) is 20.6 Å². The van der Waals surface area contributed by atoms with E-state index in [1.165, 1.54) is 11.3 Å². The molecule has 0 saturated carbocycles. The van der Waals surface area contributed by atoms with E-state index in [1.54, 1.807) is 17.7 Å². The normalized spacial score (nSPS) is 18.5. The Hall–Kier alpha value is -2.59. The number of aryl methyl sites for hydroxylation is 1. The molecule has 4 rings (SSSR count). The molecule has 27 heavy (non-hydrogen) atoms. The highest BCUT2D eigenvalue weighted by Crippen LogP contribution is 2.30. The highest BCUT2D eigenvalue weighted by Gasteiger charge is 2.32. The lowest BCUT2D eigenvalue weighted by molar-refractivity contribution is 0.102.